The normalized spacial score (nSPS) is 10.1. The van der Waals surface area contributed by atoms with Gasteiger partial charge in [0.05, 0.1) is 11.3 Å². The molecule has 0 radical (unpaired) electrons. The van der Waals surface area contributed by atoms with E-state index in [9.17, 15) is 4.79 Å². The van der Waals surface area contributed by atoms with E-state index in [4.69, 9.17) is 10.8 Å². The Morgan fingerprint density at radius 3 is 2.81 bits per heavy atom. The summed E-state index contributed by atoms with van der Waals surface area (Å²) in [5.74, 6) is -0.375. The molecule has 0 amide bonds. The number of anilines is 2. The van der Waals surface area contributed by atoms with Crippen LogP contribution >= 0.6 is 0 Å². The third-order valence-corrected chi connectivity index (χ3v) is 2.35. The predicted octanol–water partition coefficient (Wildman–Crippen LogP) is 1.60. The molecule has 0 aliphatic heterocycles. The fraction of sp³-hybridized carbons (Fsp3) is 0.455. The summed E-state index contributed by atoms with van der Waals surface area (Å²) in [7, 11) is 1.90. The van der Waals surface area contributed by atoms with Crippen LogP contribution in [0.25, 0.3) is 0 Å². The molecule has 0 saturated carbocycles. The summed E-state index contributed by atoms with van der Waals surface area (Å²) in [6.07, 6.45) is 3.48. The van der Waals surface area contributed by atoms with Gasteiger partial charge in [0.2, 0.25) is 0 Å². The average molecular weight is 223 g/mol. The lowest BCUT2D eigenvalue weighted by Crippen LogP contribution is -2.21. The number of aromatic carboxylic acids is 1. The van der Waals surface area contributed by atoms with Crippen LogP contribution in [0.4, 0.5) is 11.5 Å². The highest BCUT2D eigenvalue weighted by molar-refractivity contribution is 5.89. The van der Waals surface area contributed by atoms with Crippen molar-refractivity contribution in [1.29, 1.82) is 0 Å². The van der Waals surface area contributed by atoms with Crippen molar-refractivity contribution in [3.8, 4) is 0 Å². The molecule has 1 heterocycles. The Hall–Kier alpha value is -1.78. The number of rotatable bonds is 5. The van der Waals surface area contributed by atoms with Crippen LogP contribution in [0.1, 0.15) is 30.1 Å². The van der Waals surface area contributed by atoms with Crippen LogP contribution in [0.5, 0.6) is 0 Å². The van der Waals surface area contributed by atoms with E-state index in [1.165, 1.54) is 12.3 Å². The largest absolute Gasteiger partial charge is 0.478 e. The average Bonchev–Trinajstić information content (AvgIpc) is 2.25. The van der Waals surface area contributed by atoms with Crippen LogP contribution in [0.2, 0.25) is 0 Å². The molecule has 0 bridgehead atoms. The number of carbonyl (C=O) groups is 1. The Morgan fingerprint density at radius 1 is 1.62 bits per heavy atom. The van der Waals surface area contributed by atoms with E-state index in [-0.39, 0.29) is 5.56 Å². The van der Waals surface area contributed by atoms with Crippen LogP contribution in [0.3, 0.4) is 0 Å². The first-order valence-corrected chi connectivity index (χ1v) is 5.26. The first-order chi connectivity index (χ1) is 7.56. The molecule has 1 aromatic rings. The van der Waals surface area contributed by atoms with Gasteiger partial charge < -0.3 is 15.7 Å². The van der Waals surface area contributed by atoms with Gasteiger partial charge in [-0.25, -0.2) is 9.78 Å². The maximum absolute atomic E-state index is 10.7. The third kappa shape index (κ3) is 2.85. The molecular formula is C11H17N3O2. The van der Waals surface area contributed by atoms with Crippen molar-refractivity contribution in [3.63, 3.8) is 0 Å². The highest BCUT2D eigenvalue weighted by Crippen LogP contribution is 2.20. The maximum Gasteiger partial charge on any atom is 0.337 e. The first-order valence-electron chi connectivity index (χ1n) is 5.26. The number of aromatic nitrogens is 1. The number of unbranched alkanes of at least 4 members (excludes halogenated alkanes) is 1. The van der Waals surface area contributed by atoms with Gasteiger partial charge >= 0.3 is 5.97 Å². The molecular weight excluding hydrogens is 206 g/mol. The van der Waals surface area contributed by atoms with Gasteiger partial charge in [0.25, 0.3) is 0 Å². The summed E-state index contributed by atoms with van der Waals surface area (Å²) in [4.78, 5) is 16.7. The molecule has 0 atom stereocenters. The van der Waals surface area contributed by atoms with Gasteiger partial charge in [0, 0.05) is 19.8 Å². The van der Waals surface area contributed by atoms with Crippen LogP contribution in [-0.2, 0) is 0 Å². The van der Waals surface area contributed by atoms with Crippen LogP contribution < -0.4 is 10.6 Å². The number of nitrogens with zero attached hydrogens (tertiary/aromatic N) is 2. The zero-order valence-corrected chi connectivity index (χ0v) is 9.60. The minimum atomic E-state index is -1.01. The molecule has 16 heavy (non-hydrogen) atoms. The first kappa shape index (κ1) is 12.3. The fourth-order valence-corrected chi connectivity index (χ4v) is 1.41. The zero-order chi connectivity index (χ0) is 12.1. The number of hydrogen-bond donors (Lipinski definition) is 2. The van der Waals surface area contributed by atoms with E-state index >= 15 is 0 Å². The molecule has 1 rings (SSSR count). The maximum atomic E-state index is 10.7. The smallest absolute Gasteiger partial charge is 0.337 e. The molecule has 88 valence electrons. The summed E-state index contributed by atoms with van der Waals surface area (Å²) in [5, 5.41) is 8.77. The number of nitrogen functional groups attached to an aromatic ring is 1. The number of carboxylic acid groups (broad SMARTS) is 1. The Bertz CT molecular complexity index is 379. The van der Waals surface area contributed by atoms with Crippen LogP contribution in [-0.4, -0.2) is 29.7 Å². The third-order valence-electron chi connectivity index (χ3n) is 2.35. The van der Waals surface area contributed by atoms with E-state index in [0.29, 0.717) is 11.5 Å². The molecule has 0 spiro atoms. The Kier molecular flexibility index (Phi) is 4.10. The minimum Gasteiger partial charge on any atom is -0.478 e. The summed E-state index contributed by atoms with van der Waals surface area (Å²) in [5.41, 5.74) is 6.28. The quantitative estimate of drug-likeness (QED) is 0.792. The monoisotopic (exact) mass is 223 g/mol. The Morgan fingerprint density at radius 2 is 2.31 bits per heavy atom. The fourth-order valence-electron chi connectivity index (χ4n) is 1.41. The van der Waals surface area contributed by atoms with Crippen LogP contribution in [0.15, 0.2) is 12.3 Å². The van der Waals surface area contributed by atoms with Crippen molar-refractivity contribution >= 4 is 17.5 Å². The molecule has 0 unspecified atom stereocenters. The van der Waals surface area contributed by atoms with Crippen molar-refractivity contribution in [2.45, 2.75) is 19.8 Å². The second-order valence-electron chi connectivity index (χ2n) is 3.72. The van der Waals surface area contributed by atoms with E-state index < -0.39 is 5.97 Å². The minimum absolute atomic E-state index is 0.116. The van der Waals surface area contributed by atoms with Crippen molar-refractivity contribution in [3.05, 3.63) is 17.8 Å². The lowest BCUT2D eigenvalue weighted by Gasteiger charge is -2.19. The second kappa shape index (κ2) is 5.34. The van der Waals surface area contributed by atoms with Gasteiger partial charge in [-0.3, -0.25) is 0 Å². The molecule has 0 saturated heterocycles. The lowest BCUT2D eigenvalue weighted by atomic mass is 10.2. The summed E-state index contributed by atoms with van der Waals surface area (Å²) >= 11 is 0. The molecule has 0 fully saturated rings. The summed E-state index contributed by atoms with van der Waals surface area (Å²) in [6.45, 7) is 2.97. The Balaban J connectivity index is 2.85. The molecule has 0 aliphatic rings. The van der Waals surface area contributed by atoms with Gasteiger partial charge in [0.15, 0.2) is 5.82 Å². The van der Waals surface area contributed by atoms with Crippen LogP contribution in [0, 0.1) is 0 Å². The van der Waals surface area contributed by atoms with Crippen molar-refractivity contribution in [2.75, 3.05) is 24.2 Å². The topological polar surface area (TPSA) is 79.5 Å². The number of nitrogens with two attached hydrogens (primary N) is 1. The molecule has 0 aromatic carbocycles. The van der Waals surface area contributed by atoms with Gasteiger partial charge in [0.1, 0.15) is 0 Å². The highest BCUT2D eigenvalue weighted by Gasteiger charge is 2.10. The van der Waals surface area contributed by atoms with Gasteiger partial charge in [-0.1, -0.05) is 13.3 Å². The molecule has 1 aromatic heterocycles. The molecule has 5 nitrogen and oxygen atoms in total. The number of carboxylic acids is 1. The number of hydrogen-bond acceptors (Lipinski definition) is 4. The second-order valence-corrected chi connectivity index (χ2v) is 3.72. The molecule has 3 N–H and O–H groups in total. The SMILES string of the molecule is CCCCN(C)c1ncc(C(=O)O)cc1N. The van der Waals surface area contributed by atoms with E-state index in [1.807, 2.05) is 11.9 Å². The highest BCUT2D eigenvalue weighted by atomic mass is 16.4. The van der Waals surface area contributed by atoms with Crippen molar-refractivity contribution < 1.29 is 9.90 Å². The molecule has 0 aliphatic carbocycles. The standard InChI is InChI=1S/C11H17N3O2/c1-3-4-5-14(2)10-9(12)6-8(7-13-10)11(15)16/h6-7H,3-5,12H2,1-2H3,(H,15,16). The molecule has 5 heteroatoms. The summed E-state index contributed by atoms with van der Waals surface area (Å²) in [6, 6.07) is 1.44. The summed E-state index contributed by atoms with van der Waals surface area (Å²) < 4.78 is 0. The predicted molar refractivity (Wildman–Crippen MR) is 63.8 cm³/mol. The lowest BCUT2D eigenvalue weighted by molar-refractivity contribution is 0.0696. The van der Waals surface area contributed by atoms with E-state index in [1.54, 1.807) is 0 Å². The van der Waals surface area contributed by atoms with Gasteiger partial charge in [-0.15, -0.1) is 0 Å². The van der Waals surface area contributed by atoms with E-state index in [0.717, 1.165) is 19.4 Å². The van der Waals surface area contributed by atoms with Gasteiger partial charge in [-0.2, -0.15) is 0 Å². The van der Waals surface area contributed by atoms with Crippen molar-refractivity contribution in [1.82, 2.24) is 4.98 Å². The number of pyridine rings is 1. The van der Waals surface area contributed by atoms with Gasteiger partial charge in [-0.05, 0) is 12.5 Å². The zero-order valence-electron chi connectivity index (χ0n) is 9.60. The van der Waals surface area contributed by atoms with Crippen molar-refractivity contribution in [2.24, 2.45) is 0 Å². The van der Waals surface area contributed by atoms with E-state index in [2.05, 4.69) is 11.9 Å². The Labute approximate surface area is 94.9 Å².